The van der Waals surface area contributed by atoms with Gasteiger partial charge < -0.3 is 0 Å². The van der Waals surface area contributed by atoms with Crippen LogP contribution in [0.15, 0.2) is 35.5 Å². The van der Waals surface area contributed by atoms with Crippen LogP contribution in [0.4, 0.5) is 0 Å². The van der Waals surface area contributed by atoms with E-state index in [1.807, 2.05) is 11.1 Å². The summed E-state index contributed by atoms with van der Waals surface area (Å²) in [4.78, 5) is 0. The zero-order valence-electron chi connectivity index (χ0n) is 19.2. The van der Waals surface area contributed by atoms with Gasteiger partial charge in [-0.1, -0.05) is 71.4 Å². The van der Waals surface area contributed by atoms with Gasteiger partial charge in [-0.2, -0.15) is 0 Å². The molecule has 0 N–H and O–H groups in total. The molecule has 0 aromatic rings. The number of allylic oxidation sites excluding steroid dienone is 6. The van der Waals surface area contributed by atoms with Crippen molar-refractivity contribution in [3.05, 3.63) is 35.5 Å². The molecule has 28 heavy (non-hydrogen) atoms. The maximum Gasteiger partial charge on any atom is -0.00239 e. The molecule has 0 heterocycles. The van der Waals surface area contributed by atoms with E-state index < -0.39 is 0 Å². The Morgan fingerprint density at radius 1 is 1.00 bits per heavy atom. The maximum absolute atomic E-state index is 2.70. The molecule has 0 unspecified atom stereocenters. The highest BCUT2D eigenvalue weighted by Gasteiger charge is 2.71. The molecular weight excluding hydrogens is 336 g/mol. The highest BCUT2D eigenvalue weighted by Crippen LogP contribution is 2.79. The van der Waals surface area contributed by atoms with E-state index in [4.69, 9.17) is 0 Å². The largest absolute Gasteiger partial charge is 0.0852 e. The Bertz CT molecular complexity index is 750. The van der Waals surface area contributed by atoms with E-state index in [9.17, 15) is 0 Å². The van der Waals surface area contributed by atoms with E-state index >= 15 is 0 Å². The van der Waals surface area contributed by atoms with Crippen molar-refractivity contribution in [2.45, 2.75) is 86.5 Å². The molecule has 154 valence electrons. The molecule has 5 rings (SSSR count). The predicted molar refractivity (Wildman–Crippen MR) is 120 cm³/mol. The van der Waals surface area contributed by atoms with Gasteiger partial charge in [-0.25, -0.2) is 0 Å². The van der Waals surface area contributed by atoms with Gasteiger partial charge in [0.25, 0.3) is 0 Å². The molecule has 0 bridgehead atoms. The molecule has 0 saturated heterocycles. The molecule has 0 aliphatic heterocycles. The second-order valence-electron chi connectivity index (χ2n) is 12.2. The molecule has 1 spiro atoms. The summed E-state index contributed by atoms with van der Waals surface area (Å²) in [6.45, 7) is 14.9. The van der Waals surface area contributed by atoms with Crippen molar-refractivity contribution in [1.82, 2.24) is 0 Å². The minimum absolute atomic E-state index is 0.448. The van der Waals surface area contributed by atoms with Crippen LogP contribution >= 0.6 is 0 Å². The lowest BCUT2D eigenvalue weighted by molar-refractivity contribution is 0.0893. The Balaban J connectivity index is 1.45. The molecule has 0 aromatic carbocycles. The standard InChI is InChI=1S/C28H42/c1-18(2)19(3)7-8-20(4)23-9-10-24-22-12-16-28-17-21(28)11-15-27(28,6)25(22)13-14-26(23,24)5/h7-8,12,16,18-21,23,25H,9-11,13-15,17H2,1-6H3/b8-7-/t19-,20+,21-,23+,25+,26-,27-,28+/m1/s1. The van der Waals surface area contributed by atoms with Crippen molar-refractivity contribution < 1.29 is 0 Å². The fraction of sp³-hybridized carbons (Fsp3) is 0.786. The number of rotatable bonds is 4. The Labute approximate surface area is 173 Å². The minimum Gasteiger partial charge on any atom is -0.0852 e. The van der Waals surface area contributed by atoms with Crippen molar-refractivity contribution in [2.75, 3.05) is 0 Å². The van der Waals surface area contributed by atoms with Crippen LogP contribution in [0.2, 0.25) is 0 Å². The first kappa shape index (κ1) is 19.2. The quantitative estimate of drug-likeness (QED) is 0.435. The molecule has 0 radical (unpaired) electrons. The van der Waals surface area contributed by atoms with Crippen LogP contribution < -0.4 is 0 Å². The fourth-order valence-electron chi connectivity index (χ4n) is 8.42. The minimum atomic E-state index is 0.448. The highest BCUT2D eigenvalue weighted by atomic mass is 14.7. The SMILES string of the molecule is CC(C)[C@H](C)/C=C\[C@H](C)[C@@H]1CCC2=C3C=C[C@]45C[C@H]4CC[C@]5(C)[C@H]3CC[C@@]21C. The Kier molecular flexibility index (Phi) is 4.19. The van der Waals surface area contributed by atoms with Crippen molar-refractivity contribution in [3.63, 3.8) is 0 Å². The van der Waals surface area contributed by atoms with E-state index in [1.165, 1.54) is 44.9 Å². The number of hydrogen-bond acceptors (Lipinski definition) is 0. The van der Waals surface area contributed by atoms with Gasteiger partial charge in [0, 0.05) is 0 Å². The molecule has 0 amide bonds. The molecule has 0 nitrogen and oxygen atoms in total. The van der Waals surface area contributed by atoms with E-state index in [2.05, 4.69) is 65.8 Å². The molecule has 5 aliphatic carbocycles. The van der Waals surface area contributed by atoms with E-state index in [-0.39, 0.29) is 0 Å². The number of hydrogen-bond donors (Lipinski definition) is 0. The van der Waals surface area contributed by atoms with Crippen molar-refractivity contribution in [1.29, 1.82) is 0 Å². The number of fused-ring (bicyclic) bond motifs is 3. The van der Waals surface area contributed by atoms with Crippen molar-refractivity contribution >= 4 is 0 Å². The first-order valence-corrected chi connectivity index (χ1v) is 12.3. The van der Waals surface area contributed by atoms with Gasteiger partial charge in [0.15, 0.2) is 0 Å². The van der Waals surface area contributed by atoms with Crippen LogP contribution in [0.5, 0.6) is 0 Å². The van der Waals surface area contributed by atoms with Gasteiger partial charge in [0.2, 0.25) is 0 Å². The Morgan fingerprint density at radius 3 is 2.50 bits per heavy atom. The molecule has 8 atom stereocenters. The van der Waals surface area contributed by atoms with Crippen LogP contribution in [-0.2, 0) is 0 Å². The van der Waals surface area contributed by atoms with Gasteiger partial charge >= 0.3 is 0 Å². The summed E-state index contributed by atoms with van der Waals surface area (Å²) in [5, 5.41) is 0. The Hall–Kier alpha value is -0.780. The zero-order chi connectivity index (χ0) is 19.9. The zero-order valence-corrected chi connectivity index (χ0v) is 19.2. The first-order valence-electron chi connectivity index (χ1n) is 12.3. The normalized spacial score (nSPS) is 48.5. The summed E-state index contributed by atoms with van der Waals surface area (Å²) >= 11 is 0. The Morgan fingerprint density at radius 2 is 1.79 bits per heavy atom. The second-order valence-corrected chi connectivity index (χ2v) is 12.2. The monoisotopic (exact) mass is 378 g/mol. The average molecular weight is 379 g/mol. The molecule has 0 heteroatoms. The second kappa shape index (κ2) is 6.12. The summed E-state index contributed by atoms with van der Waals surface area (Å²) < 4.78 is 0. The lowest BCUT2D eigenvalue weighted by atomic mass is 9.53. The smallest absolute Gasteiger partial charge is 0.00239 e. The summed E-state index contributed by atoms with van der Waals surface area (Å²) in [5.41, 5.74) is 5.32. The van der Waals surface area contributed by atoms with Gasteiger partial charge in [-0.05, 0) is 102 Å². The maximum atomic E-state index is 2.70. The summed E-state index contributed by atoms with van der Waals surface area (Å²) in [6, 6.07) is 0. The van der Waals surface area contributed by atoms with Crippen LogP contribution in [0.25, 0.3) is 0 Å². The highest BCUT2D eigenvalue weighted by molar-refractivity contribution is 5.46. The van der Waals surface area contributed by atoms with Crippen LogP contribution in [0.3, 0.4) is 0 Å². The van der Waals surface area contributed by atoms with Crippen LogP contribution in [0, 0.1) is 51.8 Å². The molecule has 0 aromatic heterocycles. The van der Waals surface area contributed by atoms with Gasteiger partial charge in [-0.15, -0.1) is 0 Å². The third-order valence-electron chi connectivity index (χ3n) is 10.9. The van der Waals surface area contributed by atoms with Crippen molar-refractivity contribution in [3.8, 4) is 0 Å². The third-order valence-corrected chi connectivity index (χ3v) is 10.9. The predicted octanol–water partition coefficient (Wildman–Crippen LogP) is 7.97. The van der Waals surface area contributed by atoms with E-state index in [0.29, 0.717) is 28.1 Å². The summed E-state index contributed by atoms with van der Waals surface area (Å²) in [6.07, 6.45) is 20.5. The molecule has 5 aliphatic rings. The topological polar surface area (TPSA) is 0 Å². The average Bonchev–Trinajstić information content (AvgIpc) is 3.14. The first-order chi connectivity index (χ1) is 13.2. The third kappa shape index (κ3) is 2.36. The molecule has 3 fully saturated rings. The summed E-state index contributed by atoms with van der Waals surface area (Å²) in [5.74, 6) is 4.86. The van der Waals surface area contributed by atoms with Crippen molar-refractivity contribution in [2.24, 2.45) is 51.8 Å². The van der Waals surface area contributed by atoms with Gasteiger partial charge in [0.1, 0.15) is 0 Å². The van der Waals surface area contributed by atoms with Crippen LogP contribution in [-0.4, -0.2) is 0 Å². The molecular formula is C28H42. The van der Waals surface area contributed by atoms with E-state index in [0.717, 1.165) is 23.7 Å². The van der Waals surface area contributed by atoms with E-state index in [1.54, 1.807) is 0 Å². The summed E-state index contributed by atoms with van der Waals surface area (Å²) in [7, 11) is 0. The van der Waals surface area contributed by atoms with Crippen LogP contribution in [0.1, 0.15) is 86.5 Å². The lowest BCUT2D eigenvalue weighted by Gasteiger charge is -2.51. The lowest BCUT2D eigenvalue weighted by Crippen LogP contribution is -2.42. The van der Waals surface area contributed by atoms with Gasteiger partial charge in [0.05, 0.1) is 0 Å². The molecule has 3 saturated carbocycles. The fourth-order valence-corrected chi connectivity index (χ4v) is 8.42. The van der Waals surface area contributed by atoms with Gasteiger partial charge in [-0.3, -0.25) is 0 Å².